The minimum atomic E-state index is -0.369. The average Bonchev–Trinajstić information content (AvgIpc) is 1.62. The van der Waals surface area contributed by atoms with E-state index in [2.05, 4.69) is 20.9 Å². The molecule has 12 aromatic carbocycles. The van der Waals surface area contributed by atoms with Crippen LogP contribution in [0.1, 0.15) is 108 Å². The van der Waals surface area contributed by atoms with E-state index in [0.29, 0.717) is 145 Å². The fraction of sp³-hybridized carbons (Fsp3) is 0.182. The standard InChI is InChI=1S/C34H30F2N4O3.C33H30F2N4O2.C32H28F2N4O2/c35-26-10-5-23(6-11-26)22-37-34(42)25-9-14-31-29(21-25)38-33(24-7-12-27(36)13-8-24)28-3-1-2-4-30(28)40(31)32(41)15-16-39-17-19-43-20-18-39;1-3-38(4-2)21-31(40)39-29-8-6-5-7-27(29)32(23-11-16-26(35)17-12-23)37-28-19-24(13-18-30(28)39)33(41)36-20-22-9-14-25(34)15-10-22;1-37(2)18-17-30(39)38-28-6-4-3-5-26(28)31(22-9-14-25(34)15-10-22)36-27-19-23(11-16-29(27)38)32(40)35-20-21-7-12-24(33)13-8-21/h1-14,21H,15-20,22H2,(H,37,42);5-19H,3-4,20-21H2,1-2H3,(H,36,41);3-16,19H,17-18,20H2,1-2H3,(H,35,40). The van der Waals surface area contributed by atoms with E-state index in [1.165, 1.54) is 72.8 Å². The summed E-state index contributed by atoms with van der Waals surface area (Å²) in [5, 5.41) is 8.58. The molecule has 0 saturated carbocycles. The number of benzene rings is 12. The van der Waals surface area contributed by atoms with Gasteiger partial charge in [-0.15, -0.1) is 0 Å². The van der Waals surface area contributed by atoms with Gasteiger partial charge in [-0.3, -0.25) is 53.3 Å². The van der Waals surface area contributed by atoms with Crippen molar-refractivity contribution in [3.63, 3.8) is 0 Å². The zero-order valence-electron chi connectivity index (χ0n) is 68.5. The van der Waals surface area contributed by atoms with Gasteiger partial charge in [0.1, 0.15) is 34.9 Å². The van der Waals surface area contributed by atoms with Gasteiger partial charge in [0.25, 0.3) is 17.7 Å². The molecule has 1 saturated heterocycles. The molecule has 3 N–H and O–H groups in total. The molecule has 0 aromatic heterocycles. The Morgan fingerprint density at radius 1 is 0.363 bits per heavy atom. The number of carbonyl (C=O) groups excluding carboxylic acids is 6. The molecule has 0 radical (unpaired) electrons. The average molecular weight is 1670 g/mol. The van der Waals surface area contributed by atoms with Gasteiger partial charge < -0.3 is 25.6 Å². The van der Waals surface area contributed by atoms with Crippen LogP contribution in [0.4, 0.5) is 77.5 Å². The molecule has 628 valence electrons. The van der Waals surface area contributed by atoms with Crippen molar-refractivity contribution in [2.45, 2.75) is 46.3 Å². The van der Waals surface area contributed by atoms with Crippen molar-refractivity contribution in [2.75, 3.05) is 87.8 Å². The SMILES string of the molecule is CCN(CC)CC(=O)N1c2ccc(C(=O)NCc3ccc(F)cc3)cc2N=C(c2ccc(F)cc2)c2ccccc21.CN(C)CCC(=O)N1c2ccc(C(=O)NCc3ccc(F)cc3)cc2N=C(c2ccc(F)cc2)c2ccccc21.O=C(NCc1ccc(F)cc1)c1ccc2c(c1)N=C(c1ccc(F)cc1)c1ccccc1N2C(=O)CCN1CCOCC1. The summed E-state index contributed by atoms with van der Waals surface area (Å²) in [6.45, 7) is 10.3. The number of hydrogen-bond donors (Lipinski definition) is 3. The molecule has 16 rings (SSSR count). The minimum Gasteiger partial charge on any atom is -0.379 e. The van der Waals surface area contributed by atoms with Crippen LogP contribution < -0.4 is 30.7 Å². The molecule has 0 bridgehead atoms. The van der Waals surface area contributed by atoms with Crippen molar-refractivity contribution in [2.24, 2.45) is 15.0 Å². The number of carbonyl (C=O) groups is 6. The second-order valence-electron chi connectivity index (χ2n) is 29.9. The number of para-hydroxylation sites is 3. The molecular weight excluding hydrogens is 1580 g/mol. The van der Waals surface area contributed by atoms with Crippen molar-refractivity contribution in [3.05, 3.63) is 375 Å². The summed E-state index contributed by atoms with van der Waals surface area (Å²) in [5.74, 6) is -3.51. The Labute approximate surface area is 714 Å². The summed E-state index contributed by atoms with van der Waals surface area (Å²) in [6.07, 6.45) is 0.548. The van der Waals surface area contributed by atoms with Gasteiger partial charge in [-0.25, -0.2) is 41.3 Å². The predicted octanol–water partition coefficient (Wildman–Crippen LogP) is 18.1. The van der Waals surface area contributed by atoms with Crippen LogP contribution in [0.25, 0.3) is 0 Å². The first-order chi connectivity index (χ1) is 60.1. The number of hydrogen-bond acceptors (Lipinski definition) is 13. The third-order valence-corrected chi connectivity index (χ3v) is 21.3. The predicted molar refractivity (Wildman–Crippen MR) is 471 cm³/mol. The molecule has 0 aliphatic carbocycles. The molecule has 124 heavy (non-hydrogen) atoms. The third-order valence-electron chi connectivity index (χ3n) is 21.3. The van der Waals surface area contributed by atoms with Crippen molar-refractivity contribution < 1.29 is 59.8 Å². The lowest BCUT2D eigenvalue weighted by Gasteiger charge is -2.29. The minimum absolute atomic E-state index is 0.107. The summed E-state index contributed by atoms with van der Waals surface area (Å²) in [6, 6.07) is 73.5. The van der Waals surface area contributed by atoms with Crippen molar-refractivity contribution in [3.8, 4) is 0 Å². The topological polar surface area (TPSA) is 204 Å². The fourth-order valence-corrected chi connectivity index (χ4v) is 14.6. The van der Waals surface area contributed by atoms with Gasteiger partial charge in [0.2, 0.25) is 17.7 Å². The Morgan fingerprint density at radius 3 is 0.976 bits per heavy atom. The molecule has 25 heteroatoms. The number of rotatable bonds is 22. The molecule has 0 unspecified atom stereocenters. The van der Waals surface area contributed by atoms with E-state index >= 15 is 0 Å². The highest BCUT2D eigenvalue weighted by Crippen LogP contribution is 2.46. The number of fused-ring (bicyclic) bond motifs is 6. The number of nitrogens with one attached hydrogen (secondary N) is 3. The largest absolute Gasteiger partial charge is 0.379 e. The summed E-state index contributed by atoms with van der Waals surface area (Å²) in [4.78, 5) is 107. The van der Waals surface area contributed by atoms with E-state index in [0.717, 1.165) is 42.9 Å². The van der Waals surface area contributed by atoms with Gasteiger partial charge in [0.15, 0.2) is 0 Å². The second kappa shape index (κ2) is 40.1. The highest BCUT2D eigenvalue weighted by Gasteiger charge is 2.34. The highest BCUT2D eigenvalue weighted by atomic mass is 19.1. The number of nitrogens with zero attached hydrogens (tertiary/aromatic N) is 9. The van der Waals surface area contributed by atoms with E-state index in [9.17, 15) is 55.1 Å². The number of ether oxygens (including phenoxy) is 1. The zero-order chi connectivity index (χ0) is 86.9. The maximum Gasteiger partial charge on any atom is 0.251 e. The van der Waals surface area contributed by atoms with Crippen LogP contribution in [0.15, 0.2) is 288 Å². The fourth-order valence-electron chi connectivity index (χ4n) is 14.6. The number of halogens is 6. The normalized spacial score (nSPS) is 13.2. The Morgan fingerprint density at radius 2 is 0.661 bits per heavy atom. The van der Waals surface area contributed by atoms with Gasteiger partial charge >= 0.3 is 0 Å². The van der Waals surface area contributed by atoms with Crippen molar-refractivity contribution in [1.82, 2.24) is 30.7 Å². The first-order valence-corrected chi connectivity index (χ1v) is 40.6. The van der Waals surface area contributed by atoms with Crippen LogP contribution in [0.2, 0.25) is 0 Å². The maximum absolute atomic E-state index is 14.0. The molecule has 0 atom stereocenters. The number of aliphatic imine (C=N–C) groups is 3. The van der Waals surface area contributed by atoms with E-state index in [4.69, 9.17) is 19.7 Å². The summed E-state index contributed by atoms with van der Waals surface area (Å²) in [5.41, 5.74) is 14.1. The molecule has 19 nitrogen and oxygen atoms in total. The molecule has 6 amide bonds. The van der Waals surface area contributed by atoms with E-state index < -0.39 is 0 Å². The first-order valence-electron chi connectivity index (χ1n) is 40.6. The Hall–Kier alpha value is -14.1. The molecular formula is C99H88F6N12O7. The van der Waals surface area contributed by atoms with Crippen molar-refractivity contribution >= 4 is 104 Å². The van der Waals surface area contributed by atoms with E-state index in [-0.39, 0.29) is 109 Å². The number of amides is 6. The number of morpholine rings is 1. The van der Waals surface area contributed by atoms with Gasteiger partial charge in [-0.2, -0.15) is 0 Å². The number of likely N-dealkylation sites (N-methyl/N-ethyl adjacent to an activating group) is 1. The molecule has 12 aromatic rings. The molecule has 4 aliphatic heterocycles. The summed E-state index contributed by atoms with van der Waals surface area (Å²) < 4.78 is 86.7. The molecule has 4 heterocycles. The Kier molecular flexibility index (Phi) is 27.9. The van der Waals surface area contributed by atoms with Gasteiger partial charge in [-0.1, -0.05) is 105 Å². The van der Waals surface area contributed by atoms with Crippen LogP contribution in [0.5, 0.6) is 0 Å². The first kappa shape index (κ1) is 86.3. The lowest BCUT2D eigenvalue weighted by molar-refractivity contribution is -0.119. The summed E-state index contributed by atoms with van der Waals surface area (Å²) in [7, 11) is 3.81. The van der Waals surface area contributed by atoms with Crippen LogP contribution in [-0.2, 0) is 38.8 Å². The lowest BCUT2D eigenvalue weighted by atomic mass is 10.00. The van der Waals surface area contributed by atoms with Gasteiger partial charge in [0.05, 0.1) is 88.1 Å². The van der Waals surface area contributed by atoms with Crippen LogP contribution in [0.3, 0.4) is 0 Å². The maximum atomic E-state index is 14.0. The van der Waals surface area contributed by atoms with Crippen LogP contribution >= 0.6 is 0 Å². The number of anilines is 6. The quantitative estimate of drug-likeness (QED) is 0.0548. The van der Waals surface area contributed by atoms with Gasteiger partial charge in [-0.05, 0) is 226 Å². The van der Waals surface area contributed by atoms with Gasteiger partial charge in [0, 0.05) is 109 Å². The Balaban J connectivity index is 0.000000151. The smallest absolute Gasteiger partial charge is 0.251 e. The van der Waals surface area contributed by atoms with Crippen LogP contribution in [-0.4, -0.2) is 140 Å². The van der Waals surface area contributed by atoms with Crippen molar-refractivity contribution in [1.29, 1.82) is 0 Å². The second-order valence-corrected chi connectivity index (χ2v) is 29.9. The van der Waals surface area contributed by atoms with Crippen LogP contribution in [0, 0.1) is 34.9 Å². The molecule has 1 fully saturated rings. The zero-order valence-corrected chi connectivity index (χ0v) is 68.5. The summed E-state index contributed by atoms with van der Waals surface area (Å²) >= 11 is 0. The van der Waals surface area contributed by atoms with E-state index in [1.807, 2.05) is 111 Å². The highest BCUT2D eigenvalue weighted by molar-refractivity contribution is 6.24. The molecule has 0 spiro atoms. The monoisotopic (exact) mass is 1670 g/mol. The lowest BCUT2D eigenvalue weighted by Crippen LogP contribution is -2.39. The van der Waals surface area contributed by atoms with E-state index in [1.54, 1.807) is 142 Å². The third kappa shape index (κ3) is 20.9. The Bertz CT molecular complexity index is 6010. The molecule has 4 aliphatic rings.